The monoisotopic (exact) mass is 365 g/mol. The Bertz CT molecular complexity index is 443. The van der Waals surface area contributed by atoms with E-state index in [9.17, 15) is 0 Å². The Labute approximate surface area is 159 Å². The second-order valence-electron chi connectivity index (χ2n) is 8.39. The van der Waals surface area contributed by atoms with E-state index in [1.807, 2.05) is 7.05 Å². The van der Waals surface area contributed by atoms with Crippen molar-refractivity contribution in [1.82, 2.24) is 20.0 Å². The van der Waals surface area contributed by atoms with E-state index in [1.165, 1.54) is 38.5 Å². The van der Waals surface area contributed by atoms with E-state index in [0.29, 0.717) is 12.1 Å². The van der Waals surface area contributed by atoms with Gasteiger partial charge in [-0.1, -0.05) is 19.3 Å². The van der Waals surface area contributed by atoms with Gasteiger partial charge >= 0.3 is 0 Å². The highest BCUT2D eigenvalue weighted by atomic mass is 16.5. The highest BCUT2D eigenvalue weighted by Crippen LogP contribution is 2.28. The number of morpholine rings is 1. The van der Waals surface area contributed by atoms with Gasteiger partial charge in [0.1, 0.15) is 0 Å². The molecule has 0 aromatic rings. The SMILES string of the molecule is CN=C(NCC(C1CCCCC1)N(C)C)N1CCC(N2CCOCC2)C1. The Balaban J connectivity index is 1.50. The summed E-state index contributed by atoms with van der Waals surface area (Å²) in [7, 11) is 6.39. The van der Waals surface area contributed by atoms with Gasteiger partial charge in [0.2, 0.25) is 0 Å². The number of hydrogen-bond acceptors (Lipinski definition) is 4. The molecule has 1 aliphatic carbocycles. The summed E-state index contributed by atoms with van der Waals surface area (Å²) in [6, 6.07) is 1.25. The molecule has 0 bridgehead atoms. The Morgan fingerprint density at radius 1 is 1.12 bits per heavy atom. The minimum absolute atomic E-state index is 0.602. The molecule has 2 aliphatic heterocycles. The van der Waals surface area contributed by atoms with Gasteiger partial charge in [-0.15, -0.1) is 0 Å². The fraction of sp³-hybridized carbons (Fsp3) is 0.950. The molecule has 3 fully saturated rings. The van der Waals surface area contributed by atoms with Crippen LogP contribution in [0.2, 0.25) is 0 Å². The van der Waals surface area contributed by atoms with E-state index in [1.54, 1.807) is 0 Å². The molecule has 2 heterocycles. The van der Waals surface area contributed by atoms with E-state index < -0.39 is 0 Å². The molecule has 2 saturated heterocycles. The zero-order valence-electron chi connectivity index (χ0n) is 17.1. The van der Waals surface area contributed by atoms with Gasteiger partial charge in [-0.2, -0.15) is 0 Å². The molecule has 150 valence electrons. The van der Waals surface area contributed by atoms with Crippen LogP contribution in [0.15, 0.2) is 4.99 Å². The quantitative estimate of drug-likeness (QED) is 0.590. The Hall–Kier alpha value is -0.850. The third kappa shape index (κ3) is 5.11. The maximum atomic E-state index is 5.50. The van der Waals surface area contributed by atoms with Crippen LogP contribution in [0.4, 0.5) is 0 Å². The summed E-state index contributed by atoms with van der Waals surface area (Å²) in [5.74, 6) is 1.91. The number of nitrogens with zero attached hydrogens (tertiary/aromatic N) is 4. The molecule has 2 unspecified atom stereocenters. The zero-order valence-corrected chi connectivity index (χ0v) is 17.1. The van der Waals surface area contributed by atoms with Gasteiger partial charge < -0.3 is 19.9 Å². The van der Waals surface area contributed by atoms with Crippen LogP contribution in [0.25, 0.3) is 0 Å². The van der Waals surface area contributed by atoms with Gasteiger partial charge in [-0.25, -0.2) is 0 Å². The molecule has 3 rings (SSSR count). The molecule has 26 heavy (non-hydrogen) atoms. The molecular formula is C20H39N5O. The molecule has 0 amide bonds. The Morgan fingerprint density at radius 2 is 1.85 bits per heavy atom. The number of aliphatic imine (C=N–C) groups is 1. The van der Waals surface area contributed by atoms with Crippen LogP contribution in [0, 0.1) is 5.92 Å². The van der Waals surface area contributed by atoms with Crippen LogP contribution in [-0.4, -0.2) is 99.8 Å². The minimum atomic E-state index is 0.602. The zero-order chi connectivity index (χ0) is 18.4. The summed E-state index contributed by atoms with van der Waals surface area (Å²) in [5.41, 5.74) is 0. The van der Waals surface area contributed by atoms with Crippen LogP contribution in [0.5, 0.6) is 0 Å². The summed E-state index contributed by atoms with van der Waals surface area (Å²) in [4.78, 5) is 12.1. The van der Waals surface area contributed by atoms with Crippen LogP contribution in [-0.2, 0) is 4.74 Å². The Morgan fingerprint density at radius 3 is 2.50 bits per heavy atom. The van der Waals surface area contributed by atoms with E-state index in [4.69, 9.17) is 4.74 Å². The molecule has 2 atom stereocenters. The highest BCUT2D eigenvalue weighted by Gasteiger charge is 2.31. The lowest BCUT2D eigenvalue weighted by molar-refractivity contribution is 0.0194. The predicted molar refractivity (Wildman–Crippen MR) is 108 cm³/mol. The van der Waals surface area contributed by atoms with Gasteiger partial charge in [0.25, 0.3) is 0 Å². The van der Waals surface area contributed by atoms with E-state index in [-0.39, 0.29) is 0 Å². The summed E-state index contributed by atoms with van der Waals surface area (Å²) >= 11 is 0. The molecule has 0 spiro atoms. The minimum Gasteiger partial charge on any atom is -0.379 e. The average Bonchev–Trinajstić information content (AvgIpc) is 3.16. The predicted octanol–water partition coefficient (Wildman–Crippen LogP) is 1.48. The number of likely N-dealkylation sites (N-methyl/N-ethyl adjacent to an activating group) is 1. The van der Waals surface area contributed by atoms with Crippen LogP contribution >= 0.6 is 0 Å². The maximum absolute atomic E-state index is 5.50. The number of ether oxygens (including phenoxy) is 1. The molecular weight excluding hydrogens is 326 g/mol. The Kier molecular flexibility index (Phi) is 7.58. The molecule has 6 heteroatoms. The smallest absolute Gasteiger partial charge is 0.193 e. The van der Waals surface area contributed by atoms with E-state index in [2.05, 4.69) is 39.1 Å². The number of rotatable bonds is 5. The van der Waals surface area contributed by atoms with E-state index in [0.717, 1.165) is 57.8 Å². The highest BCUT2D eigenvalue weighted by molar-refractivity contribution is 5.80. The first-order chi connectivity index (χ1) is 12.7. The van der Waals surface area contributed by atoms with Gasteiger partial charge in [-0.3, -0.25) is 9.89 Å². The fourth-order valence-electron chi connectivity index (χ4n) is 4.99. The summed E-state index contributed by atoms with van der Waals surface area (Å²) < 4.78 is 5.50. The standard InChI is InChI=1S/C20H39N5O/c1-21-20(22-15-19(23(2)3)17-7-5-4-6-8-17)25-10-9-18(16-25)24-11-13-26-14-12-24/h17-19H,4-16H2,1-3H3,(H,21,22). The summed E-state index contributed by atoms with van der Waals surface area (Å²) in [5, 5.41) is 3.70. The third-order valence-electron chi connectivity index (χ3n) is 6.56. The molecule has 6 nitrogen and oxygen atoms in total. The normalized spacial score (nSPS) is 27.9. The lowest BCUT2D eigenvalue weighted by Crippen LogP contribution is -2.50. The molecule has 1 saturated carbocycles. The molecule has 3 aliphatic rings. The van der Waals surface area contributed by atoms with Crippen molar-refractivity contribution in [1.29, 1.82) is 0 Å². The van der Waals surface area contributed by atoms with Crippen molar-refractivity contribution in [2.24, 2.45) is 10.9 Å². The van der Waals surface area contributed by atoms with Crippen molar-refractivity contribution in [2.45, 2.75) is 50.6 Å². The second kappa shape index (κ2) is 9.90. The van der Waals surface area contributed by atoms with Gasteiger partial charge in [-0.05, 0) is 39.3 Å². The lowest BCUT2D eigenvalue weighted by Gasteiger charge is -2.36. The molecule has 1 N–H and O–H groups in total. The topological polar surface area (TPSA) is 43.3 Å². The van der Waals surface area contributed by atoms with Gasteiger partial charge in [0.05, 0.1) is 13.2 Å². The first kappa shape index (κ1) is 19.9. The van der Waals surface area contributed by atoms with Crippen molar-refractivity contribution < 1.29 is 4.74 Å². The third-order valence-corrected chi connectivity index (χ3v) is 6.56. The number of likely N-dealkylation sites (tertiary alicyclic amines) is 1. The number of hydrogen-bond donors (Lipinski definition) is 1. The lowest BCUT2D eigenvalue weighted by atomic mass is 9.83. The van der Waals surface area contributed by atoms with Crippen LogP contribution in [0.1, 0.15) is 38.5 Å². The first-order valence-corrected chi connectivity index (χ1v) is 10.6. The van der Waals surface area contributed by atoms with Gasteiger partial charge in [0.15, 0.2) is 5.96 Å². The first-order valence-electron chi connectivity index (χ1n) is 10.6. The van der Waals surface area contributed by atoms with E-state index >= 15 is 0 Å². The number of nitrogens with one attached hydrogen (secondary N) is 1. The maximum Gasteiger partial charge on any atom is 0.193 e. The number of guanidine groups is 1. The largest absolute Gasteiger partial charge is 0.379 e. The summed E-state index contributed by atoms with van der Waals surface area (Å²) in [6.45, 7) is 7.13. The van der Waals surface area contributed by atoms with Crippen LogP contribution < -0.4 is 5.32 Å². The van der Waals surface area contributed by atoms with Crippen molar-refractivity contribution in [3.8, 4) is 0 Å². The van der Waals surface area contributed by atoms with Gasteiger partial charge in [0, 0.05) is 51.9 Å². The second-order valence-corrected chi connectivity index (χ2v) is 8.39. The van der Waals surface area contributed by atoms with Crippen molar-refractivity contribution in [3.63, 3.8) is 0 Å². The van der Waals surface area contributed by atoms with Crippen molar-refractivity contribution in [3.05, 3.63) is 0 Å². The average molecular weight is 366 g/mol. The molecule has 0 aromatic heterocycles. The summed E-state index contributed by atoms with van der Waals surface area (Å²) in [6.07, 6.45) is 8.22. The van der Waals surface area contributed by atoms with Crippen LogP contribution in [0.3, 0.4) is 0 Å². The fourth-order valence-corrected chi connectivity index (χ4v) is 4.99. The molecule has 0 radical (unpaired) electrons. The van der Waals surface area contributed by atoms with Crippen molar-refractivity contribution >= 4 is 5.96 Å². The van der Waals surface area contributed by atoms with Crippen molar-refractivity contribution in [2.75, 3.05) is 67.1 Å². The molecule has 0 aromatic carbocycles.